The zero-order valence-electron chi connectivity index (χ0n) is 16.1. The van der Waals surface area contributed by atoms with E-state index in [1.165, 1.54) is 30.5 Å². The van der Waals surface area contributed by atoms with E-state index in [-0.39, 0.29) is 12.2 Å². The highest BCUT2D eigenvalue weighted by atomic mass is 79.9. The van der Waals surface area contributed by atoms with Crippen LogP contribution in [-0.2, 0) is 32.0 Å². The van der Waals surface area contributed by atoms with E-state index in [4.69, 9.17) is 4.74 Å². The van der Waals surface area contributed by atoms with Crippen LogP contribution in [0.2, 0.25) is 0 Å². The van der Waals surface area contributed by atoms with Crippen LogP contribution in [0.15, 0.2) is 64.1 Å². The average Bonchev–Trinajstić information content (AvgIpc) is 2.74. The molecule has 30 heavy (non-hydrogen) atoms. The Morgan fingerprint density at radius 3 is 2.80 bits per heavy atom. The van der Waals surface area contributed by atoms with Gasteiger partial charge in [-0.2, -0.15) is 8.78 Å². The second-order valence-corrected chi connectivity index (χ2v) is 8.12. The molecule has 0 atom stereocenters. The Balaban J connectivity index is 1.46. The molecule has 3 aromatic rings. The lowest BCUT2D eigenvalue weighted by atomic mass is 9.96. The quantitative estimate of drug-likeness (QED) is 0.584. The van der Waals surface area contributed by atoms with Gasteiger partial charge in [-0.1, -0.05) is 12.1 Å². The van der Waals surface area contributed by atoms with Gasteiger partial charge in [0.1, 0.15) is 12.4 Å². The summed E-state index contributed by atoms with van der Waals surface area (Å²) in [5.74, 6) is -2.86. The lowest BCUT2D eigenvalue weighted by Crippen LogP contribution is -2.30. The monoisotopic (exact) mass is 475 g/mol. The number of halogens is 3. The standard InChI is InChI=1S/C22H20BrF2N3O2/c23-18-3-4-19(27-12-18)13-30-20-6-8-28(21(29)10-20)14-22(24,25)17-2-1-15-5-7-26-11-16(15)9-17/h1-4,6,8-10,12,26H,5,7,11,13-14H2. The van der Waals surface area contributed by atoms with Crippen molar-refractivity contribution in [1.82, 2.24) is 14.9 Å². The largest absolute Gasteiger partial charge is 0.487 e. The minimum Gasteiger partial charge on any atom is -0.487 e. The Morgan fingerprint density at radius 1 is 1.17 bits per heavy atom. The molecule has 5 nitrogen and oxygen atoms in total. The van der Waals surface area contributed by atoms with Crippen LogP contribution >= 0.6 is 15.9 Å². The summed E-state index contributed by atoms with van der Waals surface area (Å²) in [4.78, 5) is 16.5. The fraction of sp³-hybridized carbons (Fsp3) is 0.273. The highest BCUT2D eigenvalue weighted by Gasteiger charge is 2.33. The minimum absolute atomic E-state index is 0.0847. The van der Waals surface area contributed by atoms with Gasteiger partial charge >= 0.3 is 0 Å². The first kappa shape index (κ1) is 20.7. The number of alkyl halides is 2. The molecule has 0 bridgehead atoms. The zero-order chi connectivity index (χ0) is 21.1. The molecule has 0 saturated carbocycles. The van der Waals surface area contributed by atoms with Gasteiger partial charge in [-0.15, -0.1) is 0 Å². The molecule has 3 heterocycles. The van der Waals surface area contributed by atoms with Crippen LogP contribution in [0, 0.1) is 0 Å². The van der Waals surface area contributed by atoms with Gasteiger partial charge in [-0.25, -0.2) is 0 Å². The normalized spacial score (nSPS) is 13.7. The number of pyridine rings is 2. The molecular formula is C22H20BrF2N3O2. The maximum atomic E-state index is 14.9. The second-order valence-electron chi connectivity index (χ2n) is 7.20. The van der Waals surface area contributed by atoms with Crippen LogP contribution in [0.4, 0.5) is 8.78 Å². The zero-order valence-corrected chi connectivity index (χ0v) is 17.7. The van der Waals surface area contributed by atoms with Crippen molar-refractivity contribution < 1.29 is 13.5 Å². The van der Waals surface area contributed by atoms with Crippen LogP contribution in [0.1, 0.15) is 22.4 Å². The Labute approximate surface area is 180 Å². The number of hydrogen-bond acceptors (Lipinski definition) is 4. The van der Waals surface area contributed by atoms with Gasteiger partial charge in [0.2, 0.25) is 0 Å². The fourth-order valence-electron chi connectivity index (χ4n) is 3.37. The molecule has 0 aliphatic carbocycles. The number of benzene rings is 1. The molecule has 156 valence electrons. The van der Waals surface area contributed by atoms with Crippen molar-refractivity contribution in [2.75, 3.05) is 6.54 Å². The molecule has 0 fully saturated rings. The molecule has 1 N–H and O–H groups in total. The third-order valence-corrected chi connectivity index (χ3v) is 5.50. The summed E-state index contributed by atoms with van der Waals surface area (Å²) < 4.78 is 37.2. The molecule has 0 amide bonds. The van der Waals surface area contributed by atoms with E-state index in [9.17, 15) is 13.6 Å². The Morgan fingerprint density at radius 2 is 2.03 bits per heavy atom. The number of ether oxygens (including phenoxy) is 1. The van der Waals surface area contributed by atoms with Gasteiger partial charge < -0.3 is 14.6 Å². The highest BCUT2D eigenvalue weighted by Crippen LogP contribution is 2.31. The van der Waals surface area contributed by atoms with Crippen LogP contribution in [0.3, 0.4) is 0 Å². The number of hydrogen-bond donors (Lipinski definition) is 1. The summed E-state index contributed by atoms with van der Waals surface area (Å²) in [6, 6.07) is 11.1. The molecular weight excluding hydrogens is 456 g/mol. The van der Waals surface area contributed by atoms with E-state index in [1.54, 1.807) is 18.3 Å². The van der Waals surface area contributed by atoms with E-state index < -0.39 is 18.0 Å². The van der Waals surface area contributed by atoms with Crippen LogP contribution in [0.5, 0.6) is 5.75 Å². The van der Waals surface area contributed by atoms with Crippen molar-refractivity contribution in [3.05, 3.63) is 92.1 Å². The van der Waals surface area contributed by atoms with Crippen LogP contribution in [0.25, 0.3) is 0 Å². The van der Waals surface area contributed by atoms with E-state index in [2.05, 4.69) is 26.2 Å². The smallest absolute Gasteiger partial charge is 0.290 e. The maximum absolute atomic E-state index is 14.9. The summed E-state index contributed by atoms with van der Waals surface area (Å²) in [6.45, 7) is 0.881. The maximum Gasteiger partial charge on any atom is 0.290 e. The summed E-state index contributed by atoms with van der Waals surface area (Å²) in [7, 11) is 0. The SMILES string of the molecule is O=c1cc(OCc2ccc(Br)cn2)ccn1CC(F)(F)c1ccc2c(c1)CNCC2. The fourth-order valence-corrected chi connectivity index (χ4v) is 3.61. The lowest BCUT2D eigenvalue weighted by molar-refractivity contribution is -0.0233. The van der Waals surface area contributed by atoms with Gasteiger partial charge in [0.05, 0.1) is 12.2 Å². The van der Waals surface area contributed by atoms with Gasteiger partial charge in [-0.3, -0.25) is 9.78 Å². The van der Waals surface area contributed by atoms with Crippen molar-refractivity contribution in [3.8, 4) is 5.75 Å². The minimum atomic E-state index is -3.17. The van der Waals surface area contributed by atoms with Crippen molar-refractivity contribution in [3.63, 3.8) is 0 Å². The number of nitrogens with one attached hydrogen (secondary N) is 1. The summed E-state index contributed by atoms with van der Waals surface area (Å²) in [6.07, 6.45) is 3.81. The van der Waals surface area contributed by atoms with Gasteiger partial charge in [0.25, 0.3) is 11.5 Å². The Bertz CT molecular complexity index is 1100. The second kappa shape index (κ2) is 8.65. The molecule has 1 aliphatic heterocycles. The summed E-state index contributed by atoms with van der Waals surface area (Å²) in [5, 5.41) is 3.19. The third-order valence-electron chi connectivity index (χ3n) is 5.03. The van der Waals surface area contributed by atoms with Crippen LogP contribution in [-0.4, -0.2) is 16.1 Å². The molecule has 0 saturated heterocycles. The van der Waals surface area contributed by atoms with Gasteiger partial charge in [0.15, 0.2) is 0 Å². The number of aromatic nitrogens is 2. The summed E-state index contributed by atoms with van der Waals surface area (Å²) >= 11 is 3.31. The molecule has 1 aliphatic rings. The third kappa shape index (κ3) is 4.76. The predicted molar refractivity (Wildman–Crippen MR) is 113 cm³/mol. The predicted octanol–water partition coefficient (Wildman–Crippen LogP) is 4.02. The van der Waals surface area contributed by atoms with Crippen molar-refractivity contribution in [2.24, 2.45) is 0 Å². The Hall–Kier alpha value is -2.58. The number of nitrogens with zero attached hydrogens (tertiary/aromatic N) is 2. The van der Waals surface area contributed by atoms with E-state index >= 15 is 0 Å². The number of rotatable bonds is 6. The lowest BCUT2D eigenvalue weighted by Gasteiger charge is -2.22. The molecule has 1 aromatic carbocycles. The Kier molecular flexibility index (Phi) is 5.97. The first-order valence-corrected chi connectivity index (χ1v) is 10.3. The molecule has 8 heteroatoms. The van der Waals surface area contributed by atoms with Gasteiger partial charge in [0, 0.05) is 35.0 Å². The first-order valence-electron chi connectivity index (χ1n) is 9.55. The van der Waals surface area contributed by atoms with E-state index in [0.29, 0.717) is 18.0 Å². The van der Waals surface area contributed by atoms with Crippen molar-refractivity contribution in [2.45, 2.75) is 32.0 Å². The molecule has 0 spiro atoms. The van der Waals surface area contributed by atoms with Crippen molar-refractivity contribution in [1.29, 1.82) is 0 Å². The van der Waals surface area contributed by atoms with Crippen molar-refractivity contribution >= 4 is 15.9 Å². The van der Waals surface area contributed by atoms with Crippen LogP contribution < -0.4 is 15.6 Å². The molecule has 0 unspecified atom stereocenters. The summed E-state index contributed by atoms with van der Waals surface area (Å²) in [5.41, 5.74) is 2.04. The molecule has 2 aromatic heterocycles. The molecule has 0 radical (unpaired) electrons. The number of fused-ring (bicyclic) bond motifs is 1. The topological polar surface area (TPSA) is 56.1 Å². The first-order chi connectivity index (χ1) is 14.4. The average molecular weight is 476 g/mol. The van der Waals surface area contributed by atoms with E-state index in [1.807, 2.05) is 6.07 Å². The molecule has 4 rings (SSSR count). The van der Waals surface area contributed by atoms with E-state index in [0.717, 1.165) is 33.1 Å². The highest BCUT2D eigenvalue weighted by molar-refractivity contribution is 9.10. The van der Waals surface area contributed by atoms with Gasteiger partial charge in [-0.05, 0) is 64.3 Å².